The van der Waals surface area contributed by atoms with Gasteiger partial charge in [0.05, 0.1) is 29.7 Å². The summed E-state index contributed by atoms with van der Waals surface area (Å²) in [5, 5.41) is 2.63. The van der Waals surface area contributed by atoms with E-state index >= 15 is 0 Å². The van der Waals surface area contributed by atoms with Crippen molar-refractivity contribution in [1.29, 1.82) is 0 Å². The van der Waals surface area contributed by atoms with Gasteiger partial charge in [-0.15, -0.1) is 0 Å². The van der Waals surface area contributed by atoms with Crippen molar-refractivity contribution in [3.8, 4) is 0 Å². The molecule has 0 saturated heterocycles. The molecule has 1 amide bonds. The molecule has 3 aromatic rings. The lowest BCUT2D eigenvalue weighted by atomic mass is 10.2. The summed E-state index contributed by atoms with van der Waals surface area (Å²) in [6.07, 6.45) is 2.81. The first-order chi connectivity index (χ1) is 11.6. The third-order valence-corrected chi connectivity index (χ3v) is 5.09. The van der Waals surface area contributed by atoms with Gasteiger partial charge in [-0.3, -0.25) is 4.79 Å². The second-order valence-corrected chi connectivity index (χ2v) is 7.10. The topological polar surface area (TPSA) is 89.5 Å². The average molecular weight is 345 g/mol. The first-order valence-electron chi connectivity index (χ1n) is 7.21. The molecule has 0 unspecified atom stereocenters. The normalized spacial score (nSPS) is 11.3. The Balaban J connectivity index is 1.74. The summed E-state index contributed by atoms with van der Waals surface area (Å²) in [5.74, 6) is -0.221. The molecule has 7 heteroatoms. The number of hydrogen-bond donors (Lipinski definition) is 1. The van der Waals surface area contributed by atoms with Gasteiger partial charge in [0.1, 0.15) is 5.76 Å². The fourth-order valence-electron chi connectivity index (χ4n) is 2.23. The molecule has 0 aliphatic heterocycles. The fourth-order valence-corrected chi connectivity index (χ4v) is 3.60. The zero-order chi connectivity index (χ0) is 17.0. The fraction of sp³-hybridized carbons (Fsp3) is 0.118. The van der Waals surface area contributed by atoms with E-state index in [1.54, 1.807) is 30.3 Å². The highest BCUT2D eigenvalue weighted by atomic mass is 32.2. The van der Waals surface area contributed by atoms with E-state index in [9.17, 15) is 13.2 Å². The molecule has 2 heterocycles. The Morgan fingerprint density at radius 1 is 0.958 bits per heavy atom. The second-order valence-electron chi connectivity index (χ2n) is 5.11. The van der Waals surface area contributed by atoms with Crippen LogP contribution < -0.4 is 5.32 Å². The molecule has 0 bridgehead atoms. The minimum Gasteiger partial charge on any atom is -0.467 e. The zero-order valence-corrected chi connectivity index (χ0v) is 13.5. The molecule has 0 saturated carbocycles. The Morgan fingerprint density at radius 3 is 2.46 bits per heavy atom. The molecule has 0 aliphatic carbocycles. The van der Waals surface area contributed by atoms with Gasteiger partial charge in [-0.1, -0.05) is 18.2 Å². The maximum Gasteiger partial charge on any atom is 0.287 e. The van der Waals surface area contributed by atoms with Crippen LogP contribution in [0.15, 0.2) is 74.8 Å². The zero-order valence-electron chi connectivity index (χ0n) is 12.6. The third-order valence-electron chi connectivity index (χ3n) is 3.40. The number of furan rings is 2. The van der Waals surface area contributed by atoms with Crippen LogP contribution in [0.25, 0.3) is 0 Å². The van der Waals surface area contributed by atoms with Crippen LogP contribution in [0.5, 0.6) is 0 Å². The van der Waals surface area contributed by atoms with Crippen LogP contribution in [0.3, 0.4) is 0 Å². The molecule has 0 spiro atoms. The van der Waals surface area contributed by atoms with E-state index in [0.29, 0.717) is 11.3 Å². The van der Waals surface area contributed by atoms with Crippen molar-refractivity contribution in [3.05, 3.63) is 78.1 Å². The summed E-state index contributed by atoms with van der Waals surface area (Å²) in [6, 6.07) is 13.0. The van der Waals surface area contributed by atoms with E-state index in [1.807, 2.05) is 0 Å². The minimum absolute atomic E-state index is 0.0129. The molecular weight excluding hydrogens is 330 g/mol. The quantitative estimate of drug-likeness (QED) is 0.742. The first kappa shape index (κ1) is 16.1. The number of rotatable bonds is 6. The van der Waals surface area contributed by atoms with Gasteiger partial charge in [0.15, 0.2) is 15.6 Å². The van der Waals surface area contributed by atoms with Gasteiger partial charge in [0, 0.05) is 5.56 Å². The van der Waals surface area contributed by atoms with E-state index in [-0.39, 0.29) is 23.0 Å². The molecule has 2 aromatic heterocycles. The summed E-state index contributed by atoms with van der Waals surface area (Å²) in [5.41, 5.74) is 0.316. The van der Waals surface area contributed by atoms with Crippen molar-refractivity contribution in [2.75, 3.05) is 0 Å². The van der Waals surface area contributed by atoms with E-state index in [2.05, 4.69) is 5.32 Å². The smallest absolute Gasteiger partial charge is 0.287 e. The summed E-state index contributed by atoms with van der Waals surface area (Å²) in [4.78, 5) is 12.4. The SMILES string of the molecule is O=C(NCc1ccco1)c1occc1CS(=O)(=O)c1ccccc1. The van der Waals surface area contributed by atoms with Gasteiger partial charge in [-0.25, -0.2) is 8.42 Å². The van der Waals surface area contributed by atoms with Crippen LogP contribution in [0.1, 0.15) is 21.9 Å². The molecule has 1 aromatic carbocycles. The van der Waals surface area contributed by atoms with Crippen LogP contribution in [-0.2, 0) is 22.1 Å². The van der Waals surface area contributed by atoms with Crippen molar-refractivity contribution >= 4 is 15.7 Å². The van der Waals surface area contributed by atoms with E-state index in [1.165, 1.54) is 30.7 Å². The number of sulfone groups is 1. The van der Waals surface area contributed by atoms with Gasteiger partial charge in [0.2, 0.25) is 0 Å². The largest absolute Gasteiger partial charge is 0.467 e. The summed E-state index contributed by atoms with van der Waals surface area (Å²) >= 11 is 0. The Labute approximate surface area is 139 Å². The Morgan fingerprint density at radius 2 is 1.75 bits per heavy atom. The summed E-state index contributed by atoms with van der Waals surface area (Å²) < 4.78 is 35.2. The van der Waals surface area contributed by atoms with Crippen molar-refractivity contribution in [2.45, 2.75) is 17.2 Å². The van der Waals surface area contributed by atoms with Crippen LogP contribution >= 0.6 is 0 Å². The third kappa shape index (κ3) is 3.57. The molecule has 0 radical (unpaired) electrons. The summed E-state index contributed by atoms with van der Waals surface area (Å²) in [6.45, 7) is 0.192. The maximum absolute atomic E-state index is 12.4. The monoisotopic (exact) mass is 345 g/mol. The molecule has 3 rings (SSSR count). The number of amides is 1. The van der Waals surface area contributed by atoms with E-state index in [4.69, 9.17) is 8.83 Å². The molecule has 0 aliphatic rings. The molecule has 6 nitrogen and oxygen atoms in total. The van der Waals surface area contributed by atoms with Crippen molar-refractivity contribution in [3.63, 3.8) is 0 Å². The molecule has 0 atom stereocenters. The highest BCUT2D eigenvalue weighted by Gasteiger charge is 2.22. The minimum atomic E-state index is -3.56. The van der Waals surface area contributed by atoms with Gasteiger partial charge in [0.25, 0.3) is 5.91 Å². The van der Waals surface area contributed by atoms with Crippen LogP contribution in [0.2, 0.25) is 0 Å². The number of benzene rings is 1. The molecule has 0 fully saturated rings. The Bertz CT molecular complexity index is 911. The Kier molecular flexibility index (Phi) is 4.52. The highest BCUT2D eigenvalue weighted by Crippen LogP contribution is 2.20. The number of carbonyl (C=O) groups excluding carboxylic acids is 1. The second kappa shape index (κ2) is 6.76. The van der Waals surface area contributed by atoms with Gasteiger partial charge in [-0.2, -0.15) is 0 Å². The van der Waals surface area contributed by atoms with Gasteiger partial charge < -0.3 is 14.2 Å². The van der Waals surface area contributed by atoms with Gasteiger partial charge in [-0.05, 0) is 30.3 Å². The lowest BCUT2D eigenvalue weighted by molar-refractivity contribution is 0.0919. The molecule has 124 valence electrons. The van der Waals surface area contributed by atoms with Crippen LogP contribution in [-0.4, -0.2) is 14.3 Å². The molecule has 1 N–H and O–H groups in total. The predicted octanol–water partition coefficient (Wildman–Crippen LogP) is 2.78. The molecular formula is C17H15NO5S. The maximum atomic E-state index is 12.4. The number of hydrogen-bond acceptors (Lipinski definition) is 5. The predicted molar refractivity (Wildman–Crippen MR) is 85.9 cm³/mol. The first-order valence-corrected chi connectivity index (χ1v) is 8.86. The summed E-state index contributed by atoms with van der Waals surface area (Å²) in [7, 11) is -3.56. The highest BCUT2D eigenvalue weighted by molar-refractivity contribution is 7.90. The van der Waals surface area contributed by atoms with Crippen molar-refractivity contribution in [1.82, 2.24) is 5.32 Å². The van der Waals surface area contributed by atoms with Crippen LogP contribution in [0, 0.1) is 0 Å². The van der Waals surface area contributed by atoms with Crippen molar-refractivity contribution in [2.24, 2.45) is 0 Å². The van der Waals surface area contributed by atoms with Crippen LogP contribution in [0.4, 0.5) is 0 Å². The number of nitrogens with one attached hydrogen (secondary N) is 1. The van der Waals surface area contributed by atoms with Crippen molar-refractivity contribution < 1.29 is 22.0 Å². The number of carbonyl (C=O) groups is 1. The average Bonchev–Trinajstić information content (AvgIpc) is 3.25. The van der Waals surface area contributed by atoms with E-state index < -0.39 is 15.7 Å². The van der Waals surface area contributed by atoms with E-state index in [0.717, 1.165) is 0 Å². The Hall–Kier alpha value is -2.80. The lowest BCUT2D eigenvalue weighted by Crippen LogP contribution is -2.23. The standard InChI is InChI=1S/C17H15NO5S/c19-17(18-11-14-5-4-9-22-14)16-13(8-10-23-16)12-24(20,21)15-6-2-1-3-7-15/h1-10H,11-12H2,(H,18,19). The lowest BCUT2D eigenvalue weighted by Gasteiger charge is -2.05. The molecule has 24 heavy (non-hydrogen) atoms. The van der Waals surface area contributed by atoms with Gasteiger partial charge >= 0.3 is 0 Å².